The van der Waals surface area contributed by atoms with Gasteiger partial charge in [0.05, 0.1) is 21.2 Å². The molecule has 8 nitrogen and oxygen atoms in total. The molecule has 3 aromatic heterocycles. The van der Waals surface area contributed by atoms with Crippen LogP contribution in [0.2, 0.25) is 5.02 Å². The number of ether oxygens (including phenoxy) is 1. The molecule has 3 heterocycles. The molecule has 0 radical (unpaired) electrons. The molecule has 0 aliphatic rings. The maximum atomic E-state index is 13.8. The van der Waals surface area contributed by atoms with Gasteiger partial charge < -0.3 is 9.72 Å². The Morgan fingerprint density at radius 1 is 1.14 bits per heavy atom. The molecule has 37 heavy (non-hydrogen) atoms. The smallest absolute Gasteiger partial charge is 0.363 e. The Bertz CT molecular complexity index is 1620. The number of hydrogen-bond acceptors (Lipinski definition) is 6. The van der Waals surface area contributed by atoms with Gasteiger partial charge in [-0.2, -0.15) is 13.2 Å². The van der Waals surface area contributed by atoms with Gasteiger partial charge in [-0.15, -0.1) is 0 Å². The zero-order valence-corrected chi connectivity index (χ0v) is 21.3. The second kappa shape index (κ2) is 9.77. The van der Waals surface area contributed by atoms with E-state index in [9.17, 15) is 26.4 Å². The first kappa shape index (κ1) is 26.6. The highest BCUT2D eigenvalue weighted by Gasteiger charge is 2.37. The summed E-state index contributed by atoms with van der Waals surface area (Å²) >= 11 is 5.68. The monoisotopic (exact) mass is 552 g/mol. The lowest BCUT2D eigenvalue weighted by Crippen LogP contribution is -2.34. The zero-order valence-electron chi connectivity index (χ0n) is 19.7. The first-order valence-corrected chi connectivity index (χ1v) is 12.5. The van der Waals surface area contributed by atoms with Gasteiger partial charge in [0.25, 0.3) is 10.0 Å². The maximum Gasteiger partial charge on any atom is 0.417 e. The number of methoxy groups -OCH3 is 1. The summed E-state index contributed by atoms with van der Waals surface area (Å²) in [5.41, 5.74) is 0.0402. The minimum absolute atomic E-state index is 0.157. The summed E-state index contributed by atoms with van der Waals surface area (Å²) in [6, 6.07) is 5.32. The van der Waals surface area contributed by atoms with Crippen molar-refractivity contribution in [3.8, 4) is 0 Å². The van der Waals surface area contributed by atoms with Crippen molar-refractivity contribution in [1.29, 1.82) is 0 Å². The minimum atomic E-state index is -4.89. The number of carbonyl (C=O) groups is 1. The van der Waals surface area contributed by atoms with Crippen LogP contribution in [0.3, 0.4) is 0 Å². The van der Waals surface area contributed by atoms with Crippen molar-refractivity contribution < 1.29 is 31.1 Å². The van der Waals surface area contributed by atoms with Gasteiger partial charge in [0.2, 0.25) is 5.78 Å². The predicted molar refractivity (Wildman–Crippen MR) is 131 cm³/mol. The number of nitrogens with zero attached hydrogens (tertiary/aromatic N) is 3. The van der Waals surface area contributed by atoms with Crippen molar-refractivity contribution in [3.63, 3.8) is 0 Å². The number of alkyl halides is 3. The number of pyridine rings is 2. The van der Waals surface area contributed by atoms with Crippen molar-refractivity contribution in [2.75, 3.05) is 18.1 Å². The summed E-state index contributed by atoms with van der Waals surface area (Å²) in [4.78, 5) is 24.5. The van der Waals surface area contributed by atoms with Crippen molar-refractivity contribution in [2.45, 2.75) is 24.9 Å². The van der Waals surface area contributed by atoms with Crippen LogP contribution >= 0.6 is 11.6 Å². The van der Waals surface area contributed by atoms with E-state index >= 15 is 0 Å². The Hall–Kier alpha value is -3.48. The van der Waals surface area contributed by atoms with Crippen LogP contribution in [0.15, 0.2) is 53.8 Å². The van der Waals surface area contributed by atoms with Crippen molar-refractivity contribution in [2.24, 2.45) is 0 Å². The van der Waals surface area contributed by atoms with Crippen molar-refractivity contribution in [1.82, 2.24) is 15.0 Å². The summed E-state index contributed by atoms with van der Waals surface area (Å²) in [5, 5.41) is -0.145. The number of sulfonamides is 1. The van der Waals surface area contributed by atoms with Crippen molar-refractivity contribution >= 4 is 44.1 Å². The lowest BCUT2D eigenvalue weighted by atomic mass is 9.99. The fraction of sp³-hybridized carbons (Fsp3) is 0.208. The standard InChI is InChI=1S/C24H20ClF3N4O4S/c1-13-8-19(21(30-10-13)22(33)20-14(2)11-31-23-16(20)6-7-29-23)32(12-36-3)37(34,35)15-4-5-18(25)17(9-15)24(26,27)28/h4-11H,12H2,1-3H3,(H,29,31). The zero-order chi connectivity index (χ0) is 27.1. The number of ketones is 1. The first-order chi connectivity index (χ1) is 17.4. The number of fused-ring (bicyclic) bond motifs is 1. The summed E-state index contributed by atoms with van der Waals surface area (Å²) in [5.74, 6) is -0.595. The molecular formula is C24H20ClF3N4O4S. The van der Waals surface area contributed by atoms with Crippen LogP contribution in [0.25, 0.3) is 11.0 Å². The Morgan fingerprint density at radius 2 is 1.86 bits per heavy atom. The molecule has 0 atom stereocenters. The van der Waals surface area contributed by atoms with E-state index in [2.05, 4.69) is 15.0 Å². The van der Waals surface area contributed by atoms with Gasteiger partial charge in [0.15, 0.2) is 0 Å². The van der Waals surface area contributed by atoms with Gasteiger partial charge in [-0.1, -0.05) is 11.6 Å². The number of aromatic nitrogens is 3. The molecule has 0 spiro atoms. The Balaban J connectivity index is 1.92. The number of halogens is 4. The molecule has 4 aromatic rings. The van der Waals surface area contributed by atoms with Gasteiger partial charge in [-0.25, -0.2) is 17.7 Å². The van der Waals surface area contributed by atoms with E-state index in [1.54, 1.807) is 26.1 Å². The van der Waals surface area contributed by atoms with E-state index < -0.39 is 44.2 Å². The van der Waals surface area contributed by atoms with Crippen LogP contribution in [0.1, 0.15) is 32.7 Å². The van der Waals surface area contributed by atoms with Crippen LogP contribution in [0.4, 0.5) is 18.9 Å². The molecule has 0 aliphatic carbocycles. The average Bonchev–Trinajstić information content (AvgIpc) is 3.30. The van der Waals surface area contributed by atoms with Crippen LogP contribution < -0.4 is 4.31 Å². The average molecular weight is 553 g/mol. The van der Waals surface area contributed by atoms with Gasteiger partial charge in [0, 0.05) is 36.7 Å². The molecule has 0 fully saturated rings. The molecule has 194 valence electrons. The third-order valence-corrected chi connectivity index (χ3v) is 7.63. The van der Waals surface area contributed by atoms with Gasteiger partial charge in [-0.05, 0) is 55.3 Å². The Labute approximate surface area is 215 Å². The van der Waals surface area contributed by atoms with Crippen LogP contribution in [0.5, 0.6) is 0 Å². The molecule has 13 heteroatoms. The molecule has 0 amide bonds. The quantitative estimate of drug-likeness (QED) is 0.247. The third-order valence-electron chi connectivity index (χ3n) is 5.57. The van der Waals surface area contributed by atoms with Crippen molar-refractivity contribution in [3.05, 3.63) is 81.9 Å². The Kier molecular flexibility index (Phi) is 7.01. The molecule has 0 bridgehead atoms. The number of nitrogens with one attached hydrogen (secondary N) is 1. The Morgan fingerprint density at radius 3 is 2.54 bits per heavy atom. The lowest BCUT2D eigenvalue weighted by molar-refractivity contribution is -0.137. The normalized spacial score (nSPS) is 12.2. The van der Waals surface area contributed by atoms with E-state index in [0.717, 1.165) is 12.1 Å². The highest BCUT2D eigenvalue weighted by molar-refractivity contribution is 7.92. The fourth-order valence-electron chi connectivity index (χ4n) is 3.84. The molecule has 1 aromatic carbocycles. The predicted octanol–water partition coefficient (Wildman–Crippen LogP) is 5.28. The highest BCUT2D eigenvalue weighted by Crippen LogP contribution is 2.37. The number of hydrogen-bond donors (Lipinski definition) is 1. The minimum Gasteiger partial charge on any atom is -0.363 e. The second-order valence-corrected chi connectivity index (χ2v) is 10.4. The van der Waals surface area contributed by atoms with E-state index in [-0.39, 0.29) is 16.9 Å². The maximum absolute atomic E-state index is 13.8. The number of rotatable bonds is 7. The van der Waals surface area contributed by atoms with Gasteiger partial charge in [0.1, 0.15) is 18.1 Å². The topological polar surface area (TPSA) is 105 Å². The van der Waals surface area contributed by atoms with Crippen LogP contribution in [-0.2, 0) is 20.9 Å². The molecule has 0 saturated carbocycles. The molecule has 1 N–H and O–H groups in total. The second-order valence-electron chi connectivity index (χ2n) is 8.18. The van der Waals surface area contributed by atoms with E-state index in [1.165, 1.54) is 25.6 Å². The van der Waals surface area contributed by atoms with Crippen LogP contribution in [-0.4, -0.2) is 43.0 Å². The molecule has 0 saturated heterocycles. The summed E-state index contributed by atoms with van der Waals surface area (Å²) < 4.78 is 73.5. The van der Waals surface area contributed by atoms with E-state index in [1.807, 2.05) is 0 Å². The number of H-pyrrole nitrogens is 1. The molecule has 0 aliphatic heterocycles. The number of carbonyl (C=O) groups excluding carboxylic acids is 1. The number of benzene rings is 1. The molecule has 0 unspecified atom stereocenters. The van der Waals surface area contributed by atoms with E-state index in [4.69, 9.17) is 16.3 Å². The number of aryl methyl sites for hydroxylation is 2. The molecule has 4 rings (SSSR count). The molecular weight excluding hydrogens is 533 g/mol. The summed E-state index contributed by atoms with van der Waals surface area (Å²) in [6.07, 6.45) is -0.390. The SMILES string of the molecule is COCN(c1cc(C)cnc1C(=O)c1c(C)cnc2[nH]ccc12)S(=O)(=O)c1ccc(Cl)c(C(F)(F)F)c1. The number of anilines is 1. The highest BCUT2D eigenvalue weighted by atomic mass is 35.5. The summed E-state index contributed by atoms with van der Waals surface area (Å²) in [7, 11) is -3.46. The number of aromatic amines is 1. The third kappa shape index (κ3) is 4.91. The van der Waals surface area contributed by atoms with Gasteiger partial charge in [-0.3, -0.25) is 9.78 Å². The van der Waals surface area contributed by atoms with E-state index in [0.29, 0.717) is 32.5 Å². The summed E-state index contributed by atoms with van der Waals surface area (Å²) in [6.45, 7) is 2.71. The van der Waals surface area contributed by atoms with Crippen LogP contribution in [0, 0.1) is 13.8 Å². The lowest BCUT2D eigenvalue weighted by Gasteiger charge is -2.26. The van der Waals surface area contributed by atoms with Gasteiger partial charge >= 0.3 is 6.18 Å². The first-order valence-electron chi connectivity index (χ1n) is 10.7. The fourth-order valence-corrected chi connectivity index (χ4v) is 5.47. The largest absolute Gasteiger partial charge is 0.417 e.